The molecular formula is C25H29N. The summed E-state index contributed by atoms with van der Waals surface area (Å²) in [4.78, 5) is 4.51. The van der Waals surface area contributed by atoms with Crippen molar-refractivity contribution >= 4 is 5.57 Å². The molecule has 0 atom stereocenters. The topological polar surface area (TPSA) is 12.9 Å². The molecule has 1 nitrogen and oxygen atoms in total. The molecular weight excluding hydrogens is 314 g/mol. The Hall–Kier alpha value is -2.67. The first kappa shape index (κ1) is 19.7. The summed E-state index contributed by atoms with van der Waals surface area (Å²) in [6, 6.07) is 12.9. The molecule has 26 heavy (non-hydrogen) atoms. The zero-order valence-corrected chi connectivity index (χ0v) is 16.6. The van der Waals surface area contributed by atoms with Crippen molar-refractivity contribution in [3.05, 3.63) is 95.2 Å². The molecule has 0 aliphatic heterocycles. The predicted octanol–water partition coefficient (Wildman–Crippen LogP) is 7.18. The van der Waals surface area contributed by atoms with Crippen LogP contribution in [0.2, 0.25) is 0 Å². The fourth-order valence-electron chi connectivity index (χ4n) is 2.97. The van der Waals surface area contributed by atoms with Crippen molar-refractivity contribution in [2.45, 2.75) is 41.0 Å². The molecule has 1 heterocycles. The molecule has 0 bridgehead atoms. The minimum absolute atomic E-state index is 1.02. The first-order valence-electron chi connectivity index (χ1n) is 9.19. The van der Waals surface area contributed by atoms with Gasteiger partial charge in [-0.15, -0.1) is 0 Å². The monoisotopic (exact) mass is 343 g/mol. The lowest BCUT2D eigenvalue weighted by molar-refractivity contribution is 1.12. The largest absolute Gasteiger partial charge is 0.256 e. The molecule has 0 N–H and O–H groups in total. The van der Waals surface area contributed by atoms with E-state index in [9.17, 15) is 0 Å². The van der Waals surface area contributed by atoms with Crippen molar-refractivity contribution in [1.82, 2.24) is 4.98 Å². The summed E-state index contributed by atoms with van der Waals surface area (Å²) >= 11 is 0. The quantitative estimate of drug-likeness (QED) is 0.506. The zero-order chi connectivity index (χ0) is 19.1. The summed E-state index contributed by atoms with van der Waals surface area (Å²) in [5, 5.41) is 0. The van der Waals surface area contributed by atoms with Gasteiger partial charge in [-0.1, -0.05) is 61.6 Å². The average Bonchev–Trinajstić information content (AvgIpc) is 2.66. The molecule has 0 saturated heterocycles. The van der Waals surface area contributed by atoms with Crippen LogP contribution in [-0.2, 0) is 6.42 Å². The molecule has 0 aliphatic rings. The predicted molar refractivity (Wildman–Crippen MR) is 115 cm³/mol. The standard InChI is InChI=1S/C25H29N/c1-7-9-19(5)24(18(3)4)16-20(6)22-10-12-23(13-11-22)25-17-21(8-2)14-15-26-25/h7,9-17H,3,8H2,1-2,4-6H3/b9-7-,20-16+,24-19-. The van der Waals surface area contributed by atoms with Gasteiger partial charge in [0.1, 0.15) is 0 Å². The minimum Gasteiger partial charge on any atom is -0.256 e. The summed E-state index contributed by atoms with van der Waals surface area (Å²) in [6.07, 6.45) is 9.33. The van der Waals surface area contributed by atoms with Crippen LogP contribution in [0.4, 0.5) is 0 Å². The Bertz CT molecular complexity index is 861. The van der Waals surface area contributed by atoms with E-state index >= 15 is 0 Å². The number of hydrogen-bond acceptors (Lipinski definition) is 1. The fourth-order valence-corrected chi connectivity index (χ4v) is 2.97. The van der Waals surface area contributed by atoms with E-state index in [0.717, 1.165) is 23.3 Å². The number of nitrogens with zero attached hydrogens (tertiary/aromatic N) is 1. The van der Waals surface area contributed by atoms with Gasteiger partial charge in [-0.25, -0.2) is 0 Å². The van der Waals surface area contributed by atoms with Gasteiger partial charge in [-0.3, -0.25) is 4.98 Å². The summed E-state index contributed by atoms with van der Waals surface area (Å²) in [5.41, 5.74) is 9.45. The van der Waals surface area contributed by atoms with Gasteiger partial charge in [0.05, 0.1) is 5.69 Å². The lowest BCUT2D eigenvalue weighted by Crippen LogP contribution is -1.89. The average molecular weight is 344 g/mol. The maximum absolute atomic E-state index is 4.51. The molecule has 1 aromatic heterocycles. The van der Waals surface area contributed by atoms with Gasteiger partial charge in [0.25, 0.3) is 0 Å². The van der Waals surface area contributed by atoms with E-state index in [1.54, 1.807) is 0 Å². The highest BCUT2D eigenvalue weighted by Crippen LogP contribution is 2.25. The highest BCUT2D eigenvalue weighted by atomic mass is 14.7. The van der Waals surface area contributed by atoms with Crippen molar-refractivity contribution in [2.24, 2.45) is 0 Å². The van der Waals surface area contributed by atoms with Crippen LogP contribution < -0.4 is 0 Å². The van der Waals surface area contributed by atoms with Gasteiger partial charge in [0, 0.05) is 11.8 Å². The summed E-state index contributed by atoms with van der Waals surface area (Å²) in [5.74, 6) is 0. The molecule has 0 aliphatic carbocycles. The molecule has 2 aromatic rings. The van der Waals surface area contributed by atoms with Crippen LogP contribution in [0.3, 0.4) is 0 Å². The Morgan fingerprint density at radius 3 is 2.35 bits per heavy atom. The van der Waals surface area contributed by atoms with Crippen molar-refractivity contribution in [2.75, 3.05) is 0 Å². The van der Waals surface area contributed by atoms with Crippen LogP contribution in [0.1, 0.15) is 45.7 Å². The van der Waals surface area contributed by atoms with Crippen LogP contribution in [0.25, 0.3) is 16.8 Å². The van der Waals surface area contributed by atoms with Crippen LogP contribution in [0.5, 0.6) is 0 Å². The lowest BCUT2D eigenvalue weighted by Gasteiger charge is -2.09. The third-order valence-corrected chi connectivity index (χ3v) is 4.53. The Kier molecular flexibility index (Phi) is 6.91. The zero-order valence-electron chi connectivity index (χ0n) is 16.6. The normalized spacial score (nSPS) is 13.0. The first-order chi connectivity index (χ1) is 12.5. The number of aromatic nitrogens is 1. The van der Waals surface area contributed by atoms with E-state index in [4.69, 9.17) is 0 Å². The third-order valence-electron chi connectivity index (χ3n) is 4.53. The van der Waals surface area contributed by atoms with Crippen LogP contribution in [0.15, 0.2) is 84.1 Å². The SMILES string of the molecule is C=C(C)C(/C=C(\C)c1ccc(-c2cc(CC)ccn2)cc1)=C(C)\C=C/C. The molecule has 0 fully saturated rings. The Morgan fingerprint density at radius 1 is 1.08 bits per heavy atom. The Morgan fingerprint density at radius 2 is 1.77 bits per heavy atom. The molecule has 2 rings (SSSR count). The number of allylic oxidation sites excluding steroid dienone is 7. The van der Waals surface area contributed by atoms with E-state index < -0.39 is 0 Å². The van der Waals surface area contributed by atoms with Crippen molar-refractivity contribution in [1.29, 1.82) is 0 Å². The van der Waals surface area contributed by atoms with Gasteiger partial charge >= 0.3 is 0 Å². The Balaban J connectivity index is 2.34. The van der Waals surface area contributed by atoms with Gasteiger partial charge in [-0.05, 0) is 74.1 Å². The van der Waals surface area contributed by atoms with Crippen molar-refractivity contribution < 1.29 is 0 Å². The highest BCUT2D eigenvalue weighted by molar-refractivity contribution is 5.71. The van der Waals surface area contributed by atoms with E-state index in [-0.39, 0.29) is 0 Å². The van der Waals surface area contributed by atoms with Gasteiger partial charge in [0.2, 0.25) is 0 Å². The first-order valence-corrected chi connectivity index (χ1v) is 9.19. The number of hydrogen-bond donors (Lipinski definition) is 0. The second-order valence-corrected chi connectivity index (χ2v) is 6.68. The van der Waals surface area contributed by atoms with Gasteiger partial charge < -0.3 is 0 Å². The van der Waals surface area contributed by atoms with Gasteiger partial charge in [-0.2, -0.15) is 0 Å². The van der Waals surface area contributed by atoms with E-state index in [2.05, 4.69) is 93.9 Å². The molecule has 0 saturated carbocycles. The summed E-state index contributed by atoms with van der Waals surface area (Å²) < 4.78 is 0. The molecule has 1 heteroatoms. The number of rotatable bonds is 6. The van der Waals surface area contributed by atoms with Crippen LogP contribution in [-0.4, -0.2) is 4.98 Å². The van der Waals surface area contributed by atoms with Crippen LogP contribution >= 0.6 is 0 Å². The second-order valence-electron chi connectivity index (χ2n) is 6.68. The summed E-state index contributed by atoms with van der Waals surface area (Å²) in [7, 11) is 0. The van der Waals surface area contributed by atoms with E-state index in [0.29, 0.717) is 0 Å². The number of benzene rings is 1. The second kappa shape index (κ2) is 9.15. The van der Waals surface area contributed by atoms with E-state index in [1.165, 1.54) is 27.8 Å². The minimum atomic E-state index is 1.02. The summed E-state index contributed by atoms with van der Waals surface area (Å²) in [6.45, 7) is 14.7. The Labute approximate surface area is 158 Å². The molecule has 0 unspecified atom stereocenters. The molecule has 0 amide bonds. The third kappa shape index (κ3) is 4.92. The van der Waals surface area contributed by atoms with Gasteiger partial charge in [0.15, 0.2) is 0 Å². The molecule has 1 aromatic carbocycles. The maximum Gasteiger partial charge on any atom is 0.0704 e. The highest BCUT2D eigenvalue weighted by Gasteiger charge is 2.04. The van der Waals surface area contributed by atoms with Crippen molar-refractivity contribution in [3.63, 3.8) is 0 Å². The molecule has 0 radical (unpaired) electrons. The smallest absolute Gasteiger partial charge is 0.0704 e. The fraction of sp³-hybridized carbons (Fsp3) is 0.240. The molecule has 134 valence electrons. The number of aryl methyl sites for hydroxylation is 1. The maximum atomic E-state index is 4.51. The van der Waals surface area contributed by atoms with Crippen LogP contribution in [0, 0.1) is 0 Å². The molecule has 0 spiro atoms. The van der Waals surface area contributed by atoms with E-state index in [1.807, 2.05) is 13.1 Å². The lowest BCUT2D eigenvalue weighted by atomic mass is 9.96. The number of pyridine rings is 1. The van der Waals surface area contributed by atoms with Crippen molar-refractivity contribution in [3.8, 4) is 11.3 Å².